The Hall–Kier alpha value is -1.55. The highest BCUT2D eigenvalue weighted by atomic mass is 32.1. The van der Waals surface area contributed by atoms with E-state index in [1.165, 1.54) is 11.3 Å². The lowest BCUT2D eigenvalue weighted by molar-refractivity contribution is 0.112. The third kappa shape index (κ3) is 1.15. The molecule has 2 aromatic rings. The van der Waals surface area contributed by atoms with Crippen LogP contribution in [-0.4, -0.2) is 13.4 Å². The third-order valence-corrected chi connectivity index (χ3v) is 3.07. The number of fused-ring (bicyclic) bond motifs is 1. The number of hydrogen-bond acceptors (Lipinski definition) is 4. The number of nitrogen functional groups attached to an aromatic ring is 1. The zero-order valence-electron chi connectivity index (χ0n) is 7.61. The standard InChI is InChI=1S/C10H9NO2S/c1-13-8-4-6(5-12)7-2-3-14-10(7)9(8)11/h2-5H,11H2,1H3. The number of rotatable bonds is 2. The van der Waals surface area contributed by atoms with Crippen LogP contribution < -0.4 is 10.5 Å². The Morgan fingerprint density at radius 1 is 1.57 bits per heavy atom. The van der Waals surface area contributed by atoms with Gasteiger partial charge in [-0.3, -0.25) is 4.79 Å². The summed E-state index contributed by atoms with van der Waals surface area (Å²) in [5.74, 6) is 0.557. The number of anilines is 1. The van der Waals surface area contributed by atoms with Crippen LogP contribution in [0.15, 0.2) is 17.5 Å². The smallest absolute Gasteiger partial charge is 0.150 e. The zero-order valence-corrected chi connectivity index (χ0v) is 8.43. The second-order valence-electron chi connectivity index (χ2n) is 2.86. The summed E-state index contributed by atoms with van der Waals surface area (Å²) in [6, 6.07) is 3.55. The molecule has 0 amide bonds. The maximum atomic E-state index is 10.8. The summed E-state index contributed by atoms with van der Waals surface area (Å²) in [7, 11) is 1.54. The highest BCUT2D eigenvalue weighted by Gasteiger charge is 2.10. The zero-order chi connectivity index (χ0) is 10.1. The molecule has 0 aliphatic carbocycles. The molecule has 0 bridgehead atoms. The van der Waals surface area contributed by atoms with E-state index in [0.29, 0.717) is 17.0 Å². The number of methoxy groups -OCH3 is 1. The van der Waals surface area contributed by atoms with Crippen molar-refractivity contribution >= 4 is 33.4 Å². The Morgan fingerprint density at radius 3 is 3.00 bits per heavy atom. The van der Waals surface area contributed by atoms with Crippen molar-refractivity contribution in [3.05, 3.63) is 23.1 Å². The average Bonchev–Trinajstić information content (AvgIpc) is 2.68. The minimum absolute atomic E-state index is 0.557. The van der Waals surface area contributed by atoms with Gasteiger partial charge >= 0.3 is 0 Å². The van der Waals surface area contributed by atoms with Crippen molar-refractivity contribution in [2.45, 2.75) is 0 Å². The van der Waals surface area contributed by atoms with E-state index in [1.807, 2.05) is 11.4 Å². The largest absolute Gasteiger partial charge is 0.495 e. The lowest BCUT2D eigenvalue weighted by Crippen LogP contribution is -1.94. The molecule has 0 saturated heterocycles. The number of carbonyl (C=O) groups excluding carboxylic acids is 1. The molecule has 0 spiro atoms. The Kier molecular flexibility index (Phi) is 2.13. The molecular weight excluding hydrogens is 198 g/mol. The second-order valence-corrected chi connectivity index (χ2v) is 3.78. The fraction of sp³-hybridized carbons (Fsp3) is 0.100. The summed E-state index contributed by atoms with van der Waals surface area (Å²) in [6.07, 6.45) is 0.816. The quantitative estimate of drug-likeness (QED) is 0.607. The first-order valence-corrected chi connectivity index (χ1v) is 4.94. The fourth-order valence-corrected chi connectivity index (χ4v) is 2.30. The normalized spacial score (nSPS) is 10.4. The van der Waals surface area contributed by atoms with Gasteiger partial charge in [0.2, 0.25) is 0 Å². The number of carbonyl (C=O) groups is 1. The number of aldehydes is 1. The van der Waals surface area contributed by atoms with Crippen molar-refractivity contribution in [3.8, 4) is 5.75 Å². The van der Waals surface area contributed by atoms with Gasteiger partial charge in [-0.05, 0) is 17.5 Å². The molecule has 4 heteroatoms. The molecule has 0 radical (unpaired) electrons. The molecule has 3 nitrogen and oxygen atoms in total. The molecule has 72 valence electrons. The Bertz CT molecular complexity index is 490. The van der Waals surface area contributed by atoms with Gasteiger partial charge in [-0.2, -0.15) is 0 Å². The molecule has 0 saturated carbocycles. The van der Waals surface area contributed by atoms with Crippen LogP contribution in [0.1, 0.15) is 10.4 Å². The third-order valence-electron chi connectivity index (χ3n) is 2.12. The predicted molar refractivity (Wildman–Crippen MR) is 58.2 cm³/mol. The topological polar surface area (TPSA) is 52.3 Å². The first kappa shape index (κ1) is 9.02. The summed E-state index contributed by atoms with van der Waals surface area (Å²) in [5.41, 5.74) is 7.08. The van der Waals surface area contributed by atoms with E-state index >= 15 is 0 Å². The first-order valence-electron chi connectivity index (χ1n) is 4.06. The van der Waals surface area contributed by atoms with Crippen molar-refractivity contribution in [1.82, 2.24) is 0 Å². The van der Waals surface area contributed by atoms with Crippen molar-refractivity contribution in [2.75, 3.05) is 12.8 Å². The molecule has 1 aromatic heterocycles. The lowest BCUT2D eigenvalue weighted by Gasteiger charge is -2.06. The number of nitrogens with two attached hydrogens (primary N) is 1. The van der Waals surface area contributed by atoms with Crippen LogP contribution in [0.4, 0.5) is 5.69 Å². The van der Waals surface area contributed by atoms with Crippen LogP contribution >= 0.6 is 11.3 Å². The van der Waals surface area contributed by atoms with Crippen LogP contribution in [0.2, 0.25) is 0 Å². The Labute approximate surface area is 85.1 Å². The molecular formula is C10H9NO2S. The number of hydrogen-bond donors (Lipinski definition) is 1. The SMILES string of the molecule is COc1cc(C=O)c2ccsc2c1N. The average molecular weight is 207 g/mol. The van der Waals surface area contributed by atoms with Gasteiger partial charge in [0, 0.05) is 10.9 Å². The summed E-state index contributed by atoms with van der Waals surface area (Å²) >= 11 is 1.51. The molecule has 0 atom stereocenters. The maximum Gasteiger partial charge on any atom is 0.150 e. The molecule has 2 N–H and O–H groups in total. The van der Waals surface area contributed by atoms with E-state index in [1.54, 1.807) is 13.2 Å². The molecule has 1 aromatic carbocycles. The molecule has 2 rings (SSSR count). The van der Waals surface area contributed by atoms with Crippen molar-refractivity contribution in [1.29, 1.82) is 0 Å². The highest BCUT2D eigenvalue weighted by Crippen LogP contribution is 2.36. The molecule has 0 aliphatic rings. The maximum absolute atomic E-state index is 10.8. The van der Waals surface area contributed by atoms with Gasteiger partial charge < -0.3 is 10.5 Å². The van der Waals surface area contributed by atoms with Crippen LogP contribution in [0.25, 0.3) is 10.1 Å². The van der Waals surface area contributed by atoms with Crippen LogP contribution in [0.3, 0.4) is 0 Å². The highest BCUT2D eigenvalue weighted by molar-refractivity contribution is 7.18. The van der Waals surface area contributed by atoms with E-state index in [0.717, 1.165) is 16.4 Å². The van der Waals surface area contributed by atoms with Crippen molar-refractivity contribution in [3.63, 3.8) is 0 Å². The van der Waals surface area contributed by atoms with E-state index in [2.05, 4.69) is 0 Å². The van der Waals surface area contributed by atoms with Crippen molar-refractivity contribution < 1.29 is 9.53 Å². The van der Waals surface area contributed by atoms with Crippen LogP contribution in [-0.2, 0) is 0 Å². The summed E-state index contributed by atoms with van der Waals surface area (Å²) in [4.78, 5) is 10.8. The number of thiophene rings is 1. The van der Waals surface area contributed by atoms with E-state index < -0.39 is 0 Å². The molecule has 1 heterocycles. The van der Waals surface area contributed by atoms with Crippen molar-refractivity contribution in [2.24, 2.45) is 0 Å². The van der Waals surface area contributed by atoms with Gasteiger partial charge in [-0.1, -0.05) is 0 Å². The monoisotopic (exact) mass is 207 g/mol. The van der Waals surface area contributed by atoms with Crippen LogP contribution in [0, 0.1) is 0 Å². The van der Waals surface area contributed by atoms with Crippen LogP contribution in [0.5, 0.6) is 5.75 Å². The molecule has 14 heavy (non-hydrogen) atoms. The molecule has 0 unspecified atom stereocenters. The molecule has 0 aliphatic heterocycles. The Balaban J connectivity index is 2.86. The van der Waals surface area contributed by atoms with E-state index in [-0.39, 0.29) is 0 Å². The number of benzene rings is 1. The lowest BCUT2D eigenvalue weighted by atomic mass is 10.1. The van der Waals surface area contributed by atoms with E-state index in [9.17, 15) is 4.79 Å². The van der Waals surface area contributed by atoms with Gasteiger partial charge in [0.05, 0.1) is 17.5 Å². The van der Waals surface area contributed by atoms with Gasteiger partial charge in [0.1, 0.15) is 5.75 Å². The van der Waals surface area contributed by atoms with Gasteiger partial charge in [0.15, 0.2) is 6.29 Å². The first-order chi connectivity index (χ1) is 6.77. The molecule has 0 fully saturated rings. The predicted octanol–water partition coefficient (Wildman–Crippen LogP) is 2.30. The summed E-state index contributed by atoms with van der Waals surface area (Å²) in [6.45, 7) is 0. The fourth-order valence-electron chi connectivity index (χ4n) is 1.42. The Morgan fingerprint density at radius 2 is 2.36 bits per heavy atom. The van der Waals surface area contributed by atoms with Gasteiger partial charge in [-0.15, -0.1) is 11.3 Å². The minimum atomic E-state index is 0.557. The summed E-state index contributed by atoms with van der Waals surface area (Å²) < 4.78 is 6.00. The number of ether oxygens (including phenoxy) is 1. The van der Waals surface area contributed by atoms with Gasteiger partial charge in [0.25, 0.3) is 0 Å². The van der Waals surface area contributed by atoms with E-state index in [4.69, 9.17) is 10.5 Å². The summed E-state index contributed by atoms with van der Waals surface area (Å²) in [5, 5.41) is 2.80. The van der Waals surface area contributed by atoms with Gasteiger partial charge in [-0.25, -0.2) is 0 Å². The second kappa shape index (κ2) is 3.31. The minimum Gasteiger partial charge on any atom is -0.495 e.